The molecule has 0 bridgehead atoms. The zero-order valence-electron chi connectivity index (χ0n) is 14.6. The number of aliphatic hydroxyl groups excluding tert-OH is 1. The largest absolute Gasteiger partial charge is 0.393 e. The van der Waals surface area contributed by atoms with Crippen LogP contribution in [0, 0.1) is 5.92 Å². The van der Waals surface area contributed by atoms with Crippen molar-refractivity contribution >= 4 is 6.03 Å². The van der Waals surface area contributed by atoms with Crippen molar-refractivity contribution in [2.45, 2.75) is 31.4 Å². The molecule has 1 aliphatic rings. The second-order valence-electron chi connectivity index (χ2n) is 6.97. The van der Waals surface area contributed by atoms with Crippen LogP contribution < -0.4 is 5.32 Å². The molecular weight excluding hydrogens is 312 g/mol. The van der Waals surface area contributed by atoms with E-state index in [0.717, 1.165) is 24.8 Å². The maximum absolute atomic E-state index is 12.6. The Bertz CT molecular complexity index is 669. The van der Waals surface area contributed by atoms with Crippen LogP contribution in [0.3, 0.4) is 0 Å². The van der Waals surface area contributed by atoms with E-state index in [9.17, 15) is 9.90 Å². The average Bonchev–Trinajstić information content (AvgIpc) is 2.61. The molecule has 3 rings (SSSR count). The minimum atomic E-state index is -0.184. The molecule has 2 amide bonds. The normalized spacial score (nSPS) is 20.4. The molecule has 132 valence electrons. The third-order valence-corrected chi connectivity index (χ3v) is 4.87. The smallest absolute Gasteiger partial charge is 0.317 e. The van der Waals surface area contributed by atoms with Gasteiger partial charge in [-0.2, -0.15) is 0 Å². The molecule has 1 atom stereocenters. The van der Waals surface area contributed by atoms with Gasteiger partial charge >= 0.3 is 6.03 Å². The molecule has 0 spiro atoms. The first-order valence-corrected chi connectivity index (χ1v) is 8.90. The minimum absolute atomic E-state index is 0.0637. The van der Waals surface area contributed by atoms with Crippen LogP contribution in [0.4, 0.5) is 4.79 Å². The van der Waals surface area contributed by atoms with E-state index in [0.29, 0.717) is 12.5 Å². The van der Waals surface area contributed by atoms with Crippen molar-refractivity contribution in [3.05, 3.63) is 71.8 Å². The van der Waals surface area contributed by atoms with Gasteiger partial charge in [-0.05, 0) is 36.3 Å². The van der Waals surface area contributed by atoms with Gasteiger partial charge in [-0.25, -0.2) is 4.79 Å². The maximum atomic E-state index is 12.6. The molecule has 0 radical (unpaired) electrons. The van der Waals surface area contributed by atoms with Crippen LogP contribution in [0.5, 0.6) is 0 Å². The number of aliphatic hydroxyl groups is 1. The van der Waals surface area contributed by atoms with Crippen LogP contribution in [0.25, 0.3) is 0 Å². The number of hydrogen-bond acceptors (Lipinski definition) is 2. The van der Waals surface area contributed by atoms with Crippen LogP contribution in [-0.4, -0.2) is 35.7 Å². The summed E-state index contributed by atoms with van der Waals surface area (Å²) in [5, 5.41) is 12.6. The monoisotopic (exact) mass is 338 g/mol. The summed E-state index contributed by atoms with van der Waals surface area (Å²) in [5.74, 6) is 0.412. The van der Waals surface area contributed by atoms with Crippen molar-refractivity contribution in [3.63, 3.8) is 0 Å². The van der Waals surface area contributed by atoms with E-state index in [1.807, 2.05) is 43.4 Å². The summed E-state index contributed by atoms with van der Waals surface area (Å²) in [5.41, 5.74) is 2.30. The lowest BCUT2D eigenvalue weighted by Gasteiger charge is -2.35. The Kier molecular flexibility index (Phi) is 5.71. The summed E-state index contributed by atoms with van der Waals surface area (Å²) in [6.07, 6.45) is 2.16. The predicted molar refractivity (Wildman–Crippen MR) is 99.2 cm³/mol. The molecule has 1 fully saturated rings. The van der Waals surface area contributed by atoms with Crippen LogP contribution in [0.2, 0.25) is 0 Å². The van der Waals surface area contributed by atoms with Gasteiger partial charge in [0.25, 0.3) is 0 Å². The predicted octanol–water partition coefficient (Wildman–Crippen LogP) is 3.38. The third-order valence-electron chi connectivity index (χ3n) is 4.87. The molecule has 0 unspecified atom stereocenters. The molecule has 1 saturated carbocycles. The maximum Gasteiger partial charge on any atom is 0.317 e. The van der Waals surface area contributed by atoms with Gasteiger partial charge in [0.2, 0.25) is 0 Å². The van der Waals surface area contributed by atoms with Crippen molar-refractivity contribution < 1.29 is 9.90 Å². The second-order valence-corrected chi connectivity index (χ2v) is 6.97. The highest BCUT2D eigenvalue weighted by atomic mass is 16.3. The lowest BCUT2D eigenvalue weighted by Crippen LogP contribution is -2.45. The lowest BCUT2D eigenvalue weighted by molar-refractivity contribution is 0.0323. The zero-order chi connectivity index (χ0) is 17.6. The van der Waals surface area contributed by atoms with Crippen LogP contribution in [0.1, 0.15) is 30.0 Å². The number of carbonyl (C=O) groups is 1. The van der Waals surface area contributed by atoms with E-state index >= 15 is 0 Å². The summed E-state index contributed by atoms with van der Waals surface area (Å²) >= 11 is 0. The number of hydrogen-bond donors (Lipinski definition) is 2. The fraction of sp³-hybridized carbons (Fsp3) is 0.381. The van der Waals surface area contributed by atoms with E-state index < -0.39 is 0 Å². The first-order valence-electron chi connectivity index (χ1n) is 8.90. The van der Waals surface area contributed by atoms with Crippen molar-refractivity contribution in [3.8, 4) is 0 Å². The highest BCUT2D eigenvalue weighted by molar-refractivity contribution is 5.74. The number of amides is 2. The molecule has 4 nitrogen and oxygen atoms in total. The van der Waals surface area contributed by atoms with Crippen molar-refractivity contribution in [1.82, 2.24) is 10.2 Å². The number of nitrogens with zero attached hydrogens (tertiary/aromatic N) is 1. The molecule has 2 aromatic rings. The molecule has 1 aliphatic carbocycles. The van der Waals surface area contributed by atoms with Crippen LogP contribution in [-0.2, 0) is 6.42 Å². The van der Waals surface area contributed by atoms with E-state index in [1.165, 1.54) is 5.56 Å². The van der Waals surface area contributed by atoms with E-state index in [4.69, 9.17) is 0 Å². The van der Waals surface area contributed by atoms with Gasteiger partial charge < -0.3 is 15.3 Å². The number of urea groups is 1. The van der Waals surface area contributed by atoms with Crippen LogP contribution >= 0.6 is 0 Å². The Balaban J connectivity index is 1.65. The molecule has 4 heteroatoms. The van der Waals surface area contributed by atoms with Gasteiger partial charge in [0, 0.05) is 13.6 Å². The second kappa shape index (κ2) is 8.17. The first-order chi connectivity index (χ1) is 12.1. The molecule has 2 aromatic carbocycles. The lowest BCUT2D eigenvalue weighted by atomic mass is 9.82. The Hall–Kier alpha value is -2.33. The van der Waals surface area contributed by atoms with E-state index in [2.05, 4.69) is 29.6 Å². The number of benzene rings is 2. The molecule has 0 aliphatic heterocycles. The standard InChI is InChI=1S/C21H26N2O2/c1-23(15-17-12-19(24)13-17)21(25)22-20(18-10-6-3-7-11-18)14-16-8-4-2-5-9-16/h2-11,17,19-20,24H,12-15H2,1H3,(H,22,25)/t17?,19?,20-/m1/s1. The Morgan fingerprint density at radius 1 is 1.12 bits per heavy atom. The Morgan fingerprint density at radius 3 is 2.32 bits per heavy atom. The first kappa shape index (κ1) is 17.5. The summed E-state index contributed by atoms with van der Waals surface area (Å²) < 4.78 is 0. The van der Waals surface area contributed by atoms with Gasteiger partial charge in [-0.15, -0.1) is 0 Å². The van der Waals surface area contributed by atoms with Gasteiger partial charge in [0.15, 0.2) is 0 Å². The molecule has 0 saturated heterocycles. The fourth-order valence-electron chi connectivity index (χ4n) is 3.37. The van der Waals surface area contributed by atoms with Gasteiger partial charge in [-0.1, -0.05) is 60.7 Å². The minimum Gasteiger partial charge on any atom is -0.393 e. The number of carbonyl (C=O) groups excluding carboxylic acids is 1. The van der Waals surface area contributed by atoms with Crippen molar-refractivity contribution in [2.24, 2.45) is 5.92 Å². The SMILES string of the molecule is CN(CC1CC(O)C1)C(=O)N[C@H](Cc1ccccc1)c1ccccc1. The molecule has 2 N–H and O–H groups in total. The summed E-state index contributed by atoms with van der Waals surface area (Å²) in [6.45, 7) is 0.690. The summed E-state index contributed by atoms with van der Waals surface area (Å²) in [4.78, 5) is 14.4. The zero-order valence-corrected chi connectivity index (χ0v) is 14.6. The molecule has 0 heterocycles. The summed E-state index contributed by atoms with van der Waals surface area (Å²) in [6, 6.07) is 20.2. The average molecular weight is 338 g/mol. The van der Waals surface area contributed by atoms with Crippen LogP contribution in [0.15, 0.2) is 60.7 Å². The number of nitrogens with one attached hydrogen (secondary N) is 1. The Labute approximate surface area is 149 Å². The summed E-state index contributed by atoms with van der Waals surface area (Å²) in [7, 11) is 1.82. The van der Waals surface area contributed by atoms with Gasteiger partial charge in [0.05, 0.1) is 12.1 Å². The quantitative estimate of drug-likeness (QED) is 0.848. The van der Waals surface area contributed by atoms with Crippen molar-refractivity contribution in [2.75, 3.05) is 13.6 Å². The number of rotatable bonds is 6. The highest BCUT2D eigenvalue weighted by Gasteiger charge is 2.29. The third kappa shape index (κ3) is 4.83. The molecule has 25 heavy (non-hydrogen) atoms. The highest BCUT2D eigenvalue weighted by Crippen LogP contribution is 2.27. The molecule has 0 aromatic heterocycles. The molecular formula is C21H26N2O2. The van der Waals surface area contributed by atoms with Gasteiger partial charge in [0.1, 0.15) is 0 Å². The topological polar surface area (TPSA) is 52.6 Å². The fourth-order valence-corrected chi connectivity index (χ4v) is 3.37. The Morgan fingerprint density at radius 2 is 1.72 bits per heavy atom. The van der Waals surface area contributed by atoms with Crippen molar-refractivity contribution in [1.29, 1.82) is 0 Å². The van der Waals surface area contributed by atoms with E-state index in [1.54, 1.807) is 4.90 Å². The van der Waals surface area contributed by atoms with E-state index in [-0.39, 0.29) is 18.2 Å². The van der Waals surface area contributed by atoms with Gasteiger partial charge in [-0.3, -0.25) is 0 Å².